The Morgan fingerprint density at radius 1 is 0.904 bits per heavy atom. The number of rotatable bonds is 8. The number of carbonyl (C=O) groups is 3. The van der Waals surface area contributed by atoms with Crippen LogP contribution in [0.2, 0.25) is 10.0 Å². The van der Waals surface area contributed by atoms with Gasteiger partial charge in [-0.15, -0.1) is 0 Å². The number of hydrogen-bond acceptors (Lipinski definition) is 7. The van der Waals surface area contributed by atoms with Crippen LogP contribution in [0.4, 0.5) is 54.4 Å². The van der Waals surface area contributed by atoms with Crippen molar-refractivity contribution in [2.24, 2.45) is 0 Å². The molecule has 3 heterocycles. The van der Waals surface area contributed by atoms with Gasteiger partial charge in [-0.3, -0.25) is 19.7 Å². The number of carbonyl (C=O) groups excluding carboxylic acids is 3. The molecule has 4 aromatic rings. The fourth-order valence-corrected chi connectivity index (χ4v) is 4.89. The standard InChI is InChI=1S/C28H20Cl2F10N8O4/c1-12-7-13(29)8-15(22(49)45-46(2)24(51)52-3)20(12)42-23(50)17-9-14(43-48(17)21-16(30)5-4-6-41-21)11-47-19(26(33,34)28(38,39)40)10-18(44-47)25(31,32)27(35,36)37/h4-10H,11H2,1-3H3,(H,42,50)(H,45,49). The molecule has 0 atom stereocenters. The SMILES string of the molecule is COC(=O)N(C)NC(=O)c1cc(Cl)cc(C)c1NC(=O)c1cc(Cn2nc(C(F)(F)C(F)(F)F)cc2C(F)(F)C(F)(F)F)nn1-c1ncccc1Cl. The Bertz CT molecular complexity index is 2030. The quantitative estimate of drug-likeness (QED) is 0.145. The molecule has 0 aliphatic rings. The van der Waals surface area contributed by atoms with Gasteiger partial charge in [0.1, 0.15) is 17.1 Å². The van der Waals surface area contributed by atoms with E-state index in [4.69, 9.17) is 23.2 Å². The zero-order chi connectivity index (χ0) is 39.1. The average molecular weight is 793 g/mol. The van der Waals surface area contributed by atoms with Crippen LogP contribution in [0, 0.1) is 6.92 Å². The number of hydrogen-bond donors (Lipinski definition) is 2. The van der Waals surface area contributed by atoms with Gasteiger partial charge in [-0.25, -0.2) is 19.5 Å². The largest absolute Gasteiger partial charge is 0.459 e. The number of pyridine rings is 1. The first kappa shape index (κ1) is 39.7. The Morgan fingerprint density at radius 3 is 2.12 bits per heavy atom. The number of anilines is 1. The second-order valence-electron chi connectivity index (χ2n) is 10.5. The summed E-state index contributed by atoms with van der Waals surface area (Å²) >= 11 is 12.3. The van der Waals surface area contributed by atoms with Crippen LogP contribution in [0.25, 0.3) is 5.82 Å². The number of amides is 3. The summed E-state index contributed by atoms with van der Waals surface area (Å²) in [4.78, 5) is 42.6. The number of benzene rings is 1. The van der Waals surface area contributed by atoms with Gasteiger partial charge < -0.3 is 10.1 Å². The lowest BCUT2D eigenvalue weighted by atomic mass is 10.1. The Hall–Kier alpha value is -5.12. The first-order valence-electron chi connectivity index (χ1n) is 13.8. The maximum absolute atomic E-state index is 14.5. The van der Waals surface area contributed by atoms with Gasteiger partial charge in [-0.1, -0.05) is 23.2 Å². The number of halogens is 12. The molecule has 3 amide bonds. The van der Waals surface area contributed by atoms with E-state index in [1.165, 1.54) is 25.1 Å². The van der Waals surface area contributed by atoms with E-state index in [0.29, 0.717) is 9.69 Å². The highest BCUT2D eigenvalue weighted by atomic mass is 35.5. The summed E-state index contributed by atoms with van der Waals surface area (Å²) in [6.07, 6.45) is -12.8. The number of nitrogens with one attached hydrogen (secondary N) is 2. The third kappa shape index (κ3) is 7.71. The van der Waals surface area contributed by atoms with Crippen LogP contribution in [0.3, 0.4) is 0 Å². The maximum atomic E-state index is 14.5. The van der Waals surface area contributed by atoms with Crippen LogP contribution in [-0.4, -0.2) is 74.0 Å². The second kappa shape index (κ2) is 14.1. The average Bonchev–Trinajstić information content (AvgIpc) is 3.66. The summed E-state index contributed by atoms with van der Waals surface area (Å²) < 4.78 is 141. The minimum atomic E-state index is -6.48. The van der Waals surface area contributed by atoms with Gasteiger partial charge in [-0.2, -0.15) is 54.1 Å². The fraction of sp³-hybridized carbons (Fsp3) is 0.286. The van der Waals surface area contributed by atoms with Crippen molar-refractivity contribution in [2.45, 2.75) is 37.7 Å². The van der Waals surface area contributed by atoms with E-state index in [2.05, 4.69) is 30.7 Å². The number of nitrogens with zero attached hydrogens (tertiary/aromatic N) is 6. The lowest BCUT2D eigenvalue weighted by Gasteiger charge is -2.20. The van der Waals surface area contributed by atoms with E-state index in [1.807, 2.05) is 0 Å². The molecule has 0 radical (unpaired) electrons. The van der Waals surface area contributed by atoms with Crippen LogP contribution >= 0.6 is 23.2 Å². The summed E-state index contributed by atoms with van der Waals surface area (Å²) in [5.74, 6) is -14.5. The van der Waals surface area contributed by atoms with Crippen LogP contribution in [0.5, 0.6) is 0 Å². The smallest absolute Gasteiger partial charge is 0.452 e. The Kier molecular flexibility index (Phi) is 10.8. The molecule has 4 rings (SSSR count). The van der Waals surface area contributed by atoms with E-state index in [9.17, 15) is 58.3 Å². The zero-order valence-electron chi connectivity index (χ0n) is 26.1. The van der Waals surface area contributed by atoms with Crippen molar-refractivity contribution in [3.05, 3.63) is 86.5 Å². The van der Waals surface area contributed by atoms with Gasteiger partial charge in [0, 0.05) is 18.3 Å². The van der Waals surface area contributed by atoms with Crippen molar-refractivity contribution in [2.75, 3.05) is 19.5 Å². The van der Waals surface area contributed by atoms with Crippen LogP contribution in [0.15, 0.2) is 42.6 Å². The van der Waals surface area contributed by atoms with Gasteiger partial charge in [-0.05, 0) is 48.9 Å². The Morgan fingerprint density at radius 2 is 1.54 bits per heavy atom. The van der Waals surface area contributed by atoms with E-state index >= 15 is 0 Å². The second-order valence-corrected chi connectivity index (χ2v) is 11.4. The molecule has 0 unspecified atom stereocenters. The van der Waals surface area contributed by atoms with E-state index in [-0.39, 0.29) is 32.7 Å². The van der Waals surface area contributed by atoms with Gasteiger partial charge in [0.15, 0.2) is 5.82 Å². The Labute approximate surface area is 294 Å². The van der Waals surface area contributed by atoms with Crippen LogP contribution in [-0.2, 0) is 23.1 Å². The normalized spacial score (nSPS) is 12.4. The van der Waals surface area contributed by atoms with E-state index < -0.39 is 82.2 Å². The zero-order valence-corrected chi connectivity index (χ0v) is 27.6. The first-order valence-corrected chi connectivity index (χ1v) is 14.6. The molecule has 1 aromatic carbocycles. The van der Waals surface area contributed by atoms with Crippen molar-refractivity contribution >= 4 is 46.8 Å². The number of hydrazine groups is 1. The number of ether oxygens (including phenoxy) is 1. The summed E-state index contributed by atoms with van der Waals surface area (Å²) in [7, 11) is 2.15. The van der Waals surface area contributed by atoms with Crippen molar-refractivity contribution in [1.29, 1.82) is 0 Å². The molecule has 2 N–H and O–H groups in total. The topological polar surface area (TPSA) is 136 Å². The monoisotopic (exact) mass is 792 g/mol. The molecule has 280 valence electrons. The van der Waals surface area contributed by atoms with Gasteiger partial charge in [0.2, 0.25) is 0 Å². The van der Waals surface area contributed by atoms with Crippen molar-refractivity contribution in [3.8, 4) is 5.82 Å². The number of alkyl halides is 10. The molecule has 0 saturated heterocycles. The van der Waals surface area contributed by atoms with Gasteiger partial charge in [0.25, 0.3) is 11.8 Å². The van der Waals surface area contributed by atoms with Gasteiger partial charge >= 0.3 is 30.3 Å². The van der Waals surface area contributed by atoms with Crippen LogP contribution < -0.4 is 10.7 Å². The third-order valence-corrected chi connectivity index (χ3v) is 7.39. The summed E-state index contributed by atoms with van der Waals surface area (Å²) in [5.41, 5.74) is -4.44. The molecule has 0 spiro atoms. The first-order chi connectivity index (χ1) is 23.9. The highest BCUT2D eigenvalue weighted by Crippen LogP contribution is 2.48. The van der Waals surface area contributed by atoms with E-state index in [1.54, 1.807) is 0 Å². The van der Waals surface area contributed by atoms with E-state index in [0.717, 1.165) is 32.5 Å². The van der Waals surface area contributed by atoms with Crippen molar-refractivity contribution < 1.29 is 63.0 Å². The molecule has 0 saturated carbocycles. The minimum Gasteiger partial charge on any atom is -0.452 e. The number of aromatic nitrogens is 5. The molecule has 52 heavy (non-hydrogen) atoms. The highest BCUT2D eigenvalue weighted by Gasteiger charge is 2.64. The molecule has 0 fully saturated rings. The lowest BCUT2D eigenvalue weighted by molar-refractivity contribution is -0.292. The molecule has 0 aliphatic heterocycles. The minimum absolute atomic E-state index is 0.00452. The highest BCUT2D eigenvalue weighted by molar-refractivity contribution is 6.32. The molecule has 24 heteroatoms. The summed E-state index contributed by atoms with van der Waals surface area (Å²) in [6, 6.07) is 4.98. The molecule has 12 nitrogen and oxygen atoms in total. The predicted octanol–water partition coefficient (Wildman–Crippen LogP) is 7.03. The molecular weight excluding hydrogens is 773 g/mol. The number of aryl methyl sites for hydroxylation is 1. The fourth-order valence-electron chi connectivity index (χ4n) is 4.41. The molecule has 0 aliphatic carbocycles. The molecular formula is C28H20Cl2F10N8O4. The summed E-state index contributed by atoms with van der Waals surface area (Å²) in [6.45, 7) is -0.0326. The third-order valence-electron chi connectivity index (χ3n) is 6.88. The van der Waals surface area contributed by atoms with Crippen LogP contribution in [0.1, 0.15) is 43.5 Å². The maximum Gasteiger partial charge on any atom is 0.459 e. The lowest BCUT2D eigenvalue weighted by Crippen LogP contribution is -2.43. The number of methoxy groups -OCH3 is 1. The Balaban J connectivity index is 1.85. The van der Waals surface area contributed by atoms with Gasteiger partial charge in [0.05, 0.1) is 35.6 Å². The van der Waals surface area contributed by atoms with Crippen molar-refractivity contribution in [1.82, 2.24) is 35.0 Å². The molecule has 3 aromatic heterocycles. The van der Waals surface area contributed by atoms with Crippen molar-refractivity contribution in [3.63, 3.8) is 0 Å². The predicted molar refractivity (Wildman–Crippen MR) is 159 cm³/mol. The molecule has 0 bridgehead atoms. The summed E-state index contributed by atoms with van der Waals surface area (Å²) in [5, 5.41) is 9.47.